The lowest BCUT2D eigenvalue weighted by atomic mass is 10.1. The third-order valence-electron chi connectivity index (χ3n) is 2.96. The van der Waals surface area contributed by atoms with Crippen molar-refractivity contribution in [2.24, 2.45) is 0 Å². The summed E-state index contributed by atoms with van der Waals surface area (Å²) in [7, 11) is -4.12. The van der Waals surface area contributed by atoms with E-state index < -0.39 is 10.1 Å². The van der Waals surface area contributed by atoms with Gasteiger partial charge in [0.15, 0.2) is 0 Å². The van der Waals surface area contributed by atoms with E-state index in [1.54, 1.807) is 12.1 Å². The zero-order chi connectivity index (χ0) is 12.5. The summed E-state index contributed by atoms with van der Waals surface area (Å²) in [6.07, 6.45) is 1.21. The lowest BCUT2D eigenvalue weighted by Gasteiger charge is -2.31. The maximum atomic E-state index is 10.9. The number of aliphatic hydroxyl groups is 1. The topological polar surface area (TPSA) is 77.8 Å². The van der Waals surface area contributed by atoms with Crippen LogP contribution in [0.15, 0.2) is 29.2 Å². The lowest BCUT2D eigenvalue weighted by Crippen LogP contribution is -2.35. The maximum absolute atomic E-state index is 10.9. The van der Waals surface area contributed by atoms with E-state index in [9.17, 15) is 13.5 Å². The Kier molecular flexibility index (Phi) is 3.37. The molecule has 0 aromatic heterocycles. The monoisotopic (exact) mass is 257 g/mol. The molecule has 1 aliphatic rings. The summed E-state index contributed by atoms with van der Waals surface area (Å²) in [4.78, 5) is 1.99. The SMILES string of the molecule is O=S(=O)(O)c1ccc(N2CCC(O)CC2)cc1. The van der Waals surface area contributed by atoms with E-state index in [1.807, 2.05) is 0 Å². The molecule has 17 heavy (non-hydrogen) atoms. The molecule has 0 radical (unpaired) electrons. The fourth-order valence-corrected chi connectivity index (χ4v) is 2.43. The van der Waals surface area contributed by atoms with E-state index in [2.05, 4.69) is 4.90 Å². The highest BCUT2D eigenvalue weighted by Crippen LogP contribution is 2.21. The Morgan fingerprint density at radius 1 is 1.12 bits per heavy atom. The first-order valence-corrected chi connectivity index (χ1v) is 6.91. The number of nitrogens with zero attached hydrogens (tertiary/aromatic N) is 1. The normalized spacial score (nSPS) is 18.4. The minimum atomic E-state index is -4.12. The molecule has 0 saturated carbocycles. The first kappa shape index (κ1) is 12.3. The molecule has 1 fully saturated rings. The van der Waals surface area contributed by atoms with Gasteiger partial charge in [-0.3, -0.25) is 4.55 Å². The van der Waals surface area contributed by atoms with E-state index >= 15 is 0 Å². The first-order chi connectivity index (χ1) is 7.97. The van der Waals surface area contributed by atoms with Crippen molar-refractivity contribution in [2.45, 2.75) is 23.8 Å². The van der Waals surface area contributed by atoms with Gasteiger partial charge in [0.2, 0.25) is 0 Å². The van der Waals surface area contributed by atoms with Crippen LogP contribution >= 0.6 is 0 Å². The molecule has 6 heteroatoms. The number of benzene rings is 1. The molecule has 1 heterocycles. The van der Waals surface area contributed by atoms with E-state index in [-0.39, 0.29) is 11.0 Å². The molecule has 0 spiro atoms. The van der Waals surface area contributed by atoms with Gasteiger partial charge in [-0.1, -0.05) is 0 Å². The second-order valence-electron chi connectivity index (χ2n) is 4.19. The van der Waals surface area contributed by atoms with Crippen LogP contribution in [0.25, 0.3) is 0 Å². The summed E-state index contributed by atoms with van der Waals surface area (Å²) >= 11 is 0. The summed E-state index contributed by atoms with van der Waals surface area (Å²) < 4.78 is 30.6. The standard InChI is InChI=1S/C11H15NO4S/c13-10-5-7-12(8-6-10)9-1-3-11(4-2-9)17(14,15)16/h1-4,10,13H,5-8H2,(H,14,15,16). The molecule has 2 N–H and O–H groups in total. The van der Waals surface area contributed by atoms with Crippen molar-refractivity contribution in [1.29, 1.82) is 0 Å². The molecule has 0 amide bonds. The smallest absolute Gasteiger partial charge is 0.294 e. The van der Waals surface area contributed by atoms with Crippen molar-refractivity contribution >= 4 is 15.8 Å². The Labute approximate surface area is 100 Å². The summed E-state index contributed by atoms with van der Waals surface area (Å²) in [5.41, 5.74) is 0.907. The molecule has 0 atom stereocenters. The highest BCUT2D eigenvalue weighted by atomic mass is 32.2. The van der Waals surface area contributed by atoms with Gasteiger partial charge in [-0.2, -0.15) is 8.42 Å². The van der Waals surface area contributed by atoms with Crippen LogP contribution in [0.3, 0.4) is 0 Å². The average molecular weight is 257 g/mol. The van der Waals surface area contributed by atoms with Crippen molar-refractivity contribution in [2.75, 3.05) is 18.0 Å². The van der Waals surface area contributed by atoms with Crippen molar-refractivity contribution < 1.29 is 18.1 Å². The van der Waals surface area contributed by atoms with Crippen molar-refractivity contribution in [3.8, 4) is 0 Å². The predicted octanol–water partition coefficient (Wildman–Crippen LogP) is 0.894. The Hall–Kier alpha value is -1.11. The van der Waals surface area contributed by atoms with Gasteiger partial charge in [-0.05, 0) is 37.1 Å². The molecule has 0 bridgehead atoms. The van der Waals surface area contributed by atoms with Crippen LogP contribution in [0.4, 0.5) is 5.69 Å². The van der Waals surface area contributed by atoms with Crippen LogP contribution < -0.4 is 4.90 Å². The maximum Gasteiger partial charge on any atom is 0.294 e. The van der Waals surface area contributed by atoms with E-state index in [4.69, 9.17) is 4.55 Å². The molecule has 1 aromatic carbocycles. The van der Waals surface area contributed by atoms with Crippen molar-refractivity contribution in [3.63, 3.8) is 0 Å². The van der Waals surface area contributed by atoms with Crippen LogP contribution in [-0.4, -0.2) is 37.3 Å². The molecule has 94 valence electrons. The van der Waals surface area contributed by atoms with Gasteiger partial charge in [0.1, 0.15) is 0 Å². The van der Waals surface area contributed by atoms with E-state index in [1.165, 1.54) is 12.1 Å². The van der Waals surface area contributed by atoms with Crippen LogP contribution in [-0.2, 0) is 10.1 Å². The molecule has 1 aromatic rings. The number of hydrogen-bond acceptors (Lipinski definition) is 4. The number of piperidine rings is 1. The minimum Gasteiger partial charge on any atom is -0.393 e. The number of hydrogen-bond donors (Lipinski definition) is 2. The zero-order valence-corrected chi connectivity index (χ0v) is 10.1. The highest BCUT2D eigenvalue weighted by molar-refractivity contribution is 7.85. The fourth-order valence-electron chi connectivity index (χ4n) is 1.95. The summed E-state index contributed by atoms with van der Waals surface area (Å²) in [6, 6.07) is 6.10. The van der Waals surface area contributed by atoms with Gasteiger partial charge >= 0.3 is 0 Å². The molecular formula is C11H15NO4S. The molecule has 1 aliphatic heterocycles. The molecule has 0 unspecified atom stereocenters. The van der Waals surface area contributed by atoms with Crippen LogP contribution in [0.2, 0.25) is 0 Å². The lowest BCUT2D eigenvalue weighted by molar-refractivity contribution is 0.145. The molecule has 5 nitrogen and oxygen atoms in total. The van der Waals surface area contributed by atoms with Crippen LogP contribution in [0.1, 0.15) is 12.8 Å². The fraction of sp³-hybridized carbons (Fsp3) is 0.455. The number of anilines is 1. The quantitative estimate of drug-likeness (QED) is 0.769. The van der Waals surface area contributed by atoms with Gasteiger partial charge in [0.05, 0.1) is 11.0 Å². The van der Waals surface area contributed by atoms with Crippen LogP contribution in [0.5, 0.6) is 0 Å². The molecule has 2 rings (SSSR count). The minimum absolute atomic E-state index is 0.0988. The summed E-state index contributed by atoms with van der Waals surface area (Å²) in [5, 5.41) is 9.39. The van der Waals surface area contributed by atoms with Gasteiger partial charge in [-0.15, -0.1) is 0 Å². The van der Waals surface area contributed by atoms with Gasteiger partial charge in [0, 0.05) is 18.8 Å². The Morgan fingerprint density at radius 3 is 2.12 bits per heavy atom. The van der Waals surface area contributed by atoms with Crippen LogP contribution in [0, 0.1) is 0 Å². The van der Waals surface area contributed by atoms with Gasteiger partial charge in [-0.25, -0.2) is 0 Å². The second-order valence-corrected chi connectivity index (χ2v) is 5.61. The Balaban J connectivity index is 2.13. The molecule has 1 saturated heterocycles. The zero-order valence-electron chi connectivity index (χ0n) is 9.28. The van der Waals surface area contributed by atoms with E-state index in [0.717, 1.165) is 31.6 Å². The summed E-state index contributed by atoms with van der Waals surface area (Å²) in [5.74, 6) is 0. The molecule has 0 aliphatic carbocycles. The highest BCUT2D eigenvalue weighted by Gasteiger charge is 2.17. The predicted molar refractivity (Wildman–Crippen MR) is 63.7 cm³/mol. The van der Waals surface area contributed by atoms with Gasteiger partial charge < -0.3 is 10.0 Å². The Morgan fingerprint density at radius 2 is 1.65 bits per heavy atom. The number of rotatable bonds is 2. The Bertz CT molecular complexity index is 475. The van der Waals surface area contributed by atoms with Crippen molar-refractivity contribution in [1.82, 2.24) is 0 Å². The number of aliphatic hydroxyl groups excluding tert-OH is 1. The largest absolute Gasteiger partial charge is 0.393 e. The molecular weight excluding hydrogens is 242 g/mol. The third-order valence-corrected chi connectivity index (χ3v) is 3.83. The van der Waals surface area contributed by atoms with Gasteiger partial charge in [0.25, 0.3) is 10.1 Å². The summed E-state index contributed by atoms with van der Waals surface area (Å²) in [6.45, 7) is 1.51. The second kappa shape index (κ2) is 4.64. The average Bonchev–Trinajstić information content (AvgIpc) is 2.29. The first-order valence-electron chi connectivity index (χ1n) is 5.47. The third kappa shape index (κ3) is 2.96. The van der Waals surface area contributed by atoms with E-state index in [0.29, 0.717) is 0 Å². The van der Waals surface area contributed by atoms with Crippen molar-refractivity contribution in [3.05, 3.63) is 24.3 Å².